The van der Waals surface area contributed by atoms with E-state index in [2.05, 4.69) is 29.4 Å². The molecule has 3 N–H and O–H groups in total. The van der Waals surface area contributed by atoms with Crippen LogP contribution in [0.25, 0.3) is 11.3 Å². The Labute approximate surface area is 162 Å². The van der Waals surface area contributed by atoms with Crippen LogP contribution in [0.4, 0.5) is 5.13 Å². The van der Waals surface area contributed by atoms with Gasteiger partial charge in [0.25, 0.3) is 5.91 Å². The van der Waals surface area contributed by atoms with Crippen molar-refractivity contribution in [2.24, 2.45) is 5.14 Å². The fourth-order valence-corrected chi connectivity index (χ4v) is 3.82. The number of benzene rings is 2. The largest absolute Gasteiger partial charge is 0.298 e. The van der Waals surface area contributed by atoms with E-state index in [1.54, 1.807) is 13.0 Å². The quantitative estimate of drug-likeness (QED) is 0.682. The third-order valence-corrected chi connectivity index (χ3v) is 5.83. The average molecular weight is 402 g/mol. The number of nitrogens with zero attached hydrogens (tertiary/aromatic N) is 1. The van der Waals surface area contributed by atoms with Gasteiger partial charge in [0.15, 0.2) is 5.13 Å². The van der Waals surface area contributed by atoms with E-state index in [-0.39, 0.29) is 10.5 Å². The first-order chi connectivity index (χ1) is 12.8. The van der Waals surface area contributed by atoms with Gasteiger partial charge >= 0.3 is 0 Å². The molecule has 2 aromatic carbocycles. The standard InChI is InChI=1S/C19H19N3O3S2/c1-3-13-5-7-14(8-6-13)17-11-26-19(21-17)22-18(23)16-10-15(27(20,24)25)9-4-12(16)2/h4-11H,3H2,1-2H3,(H2,20,24,25)(H,21,22,23). The number of amides is 1. The molecule has 6 nitrogen and oxygen atoms in total. The Morgan fingerprint density at radius 2 is 1.89 bits per heavy atom. The fraction of sp³-hybridized carbons (Fsp3) is 0.158. The van der Waals surface area contributed by atoms with Crippen molar-refractivity contribution in [1.82, 2.24) is 4.98 Å². The smallest absolute Gasteiger partial charge is 0.257 e. The molecule has 1 amide bonds. The number of aromatic nitrogens is 1. The Kier molecular flexibility index (Phi) is 5.41. The number of nitrogens with one attached hydrogen (secondary N) is 1. The van der Waals surface area contributed by atoms with E-state index >= 15 is 0 Å². The topological polar surface area (TPSA) is 102 Å². The molecular formula is C19H19N3O3S2. The van der Waals surface area contributed by atoms with Gasteiger partial charge in [0, 0.05) is 16.5 Å². The number of primary sulfonamides is 1. The molecule has 140 valence electrons. The van der Waals surface area contributed by atoms with Gasteiger partial charge in [0.1, 0.15) is 0 Å². The van der Waals surface area contributed by atoms with Crippen molar-refractivity contribution >= 4 is 32.4 Å². The molecule has 0 saturated carbocycles. The maximum atomic E-state index is 12.6. The zero-order valence-corrected chi connectivity index (χ0v) is 16.5. The molecule has 1 aromatic heterocycles. The van der Waals surface area contributed by atoms with Crippen LogP contribution in [0.15, 0.2) is 52.7 Å². The summed E-state index contributed by atoms with van der Waals surface area (Å²) < 4.78 is 23.0. The second kappa shape index (κ2) is 7.59. The van der Waals surface area contributed by atoms with Crippen LogP contribution < -0.4 is 10.5 Å². The highest BCUT2D eigenvalue weighted by atomic mass is 32.2. The minimum absolute atomic E-state index is 0.103. The lowest BCUT2D eigenvalue weighted by molar-refractivity contribution is 0.102. The lowest BCUT2D eigenvalue weighted by atomic mass is 10.1. The van der Waals surface area contributed by atoms with Crippen LogP contribution in [0.5, 0.6) is 0 Å². The lowest BCUT2D eigenvalue weighted by Gasteiger charge is -2.07. The molecular weight excluding hydrogens is 382 g/mol. The summed E-state index contributed by atoms with van der Waals surface area (Å²) in [6.45, 7) is 3.82. The summed E-state index contributed by atoms with van der Waals surface area (Å²) in [5.41, 5.74) is 3.87. The second-order valence-corrected chi connectivity index (χ2v) is 8.48. The molecule has 8 heteroatoms. The molecule has 0 unspecified atom stereocenters. The predicted octanol–water partition coefficient (Wildman–Crippen LogP) is 3.58. The monoisotopic (exact) mass is 401 g/mol. The third-order valence-electron chi connectivity index (χ3n) is 4.16. The zero-order chi connectivity index (χ0) is 19.6. The molecule has 0 aliphatic rings. The summed E-state index contributed by atoms with van der Waals surface area (Å²) in [4.78, 5) is 16.9. The van der Waals surface area contributed by atoms with Crippen molar-refractivity contribution in [1.29, 1.82) is 0 Å². The number of sulfonamides is 1. The van der Waals surface area contributed by atoms with Crippen LogP contribution in [0.1, 0.15) is 28.4 Å². The predicted molar refractivity (Wildman–Crippen MR) is 107 cm³/mol. The minimum Gasteiger partial charge on any atom is -0.298 e. The van der Waals surface area contributed by atoms with Crippen LogP contribution >= 0.6 is 11.3 Å². The number of hydrogen-bond acceptors (Lipinski definition) is 5. The molecule has 0 spiro atoms. The van der Waals surface area contributed by atoms with Gasteiger partial charge in [-0.2, -0.15) is 0 Å². The Morgan fingerprint density at radius 1 is 1.19 bits per heavy atom. The van der Waals surface area contributed by atoms with Crippen molar-refractivity contribution in [2.45, 2.75) is 25.2 Å². The van der Waals surface area contributed by atoms with Crippen molar-refractivity contribution in [3.8, 4) is 11.3 Å². The first-order valence-corrected chi connectivity index (χ1v) is 10.7. The fourth-order valence-electron chi connectivity index (χ4n) is 2.56. The summed E-state index contributed by atoms with van der Waals surface area (Å²) in [5.74, 6) is -0.430. The van der Waals surface area contributed by atoms with Crippen molar-refractivity contribution < 1.29 is 13.2 Å². The molecule has 0 aliphatic carbocycles. The SMILES string of the molecule is CCc1ccc(-c2csc(NC(=O)c3cc(S(N)(=O)=O)ccc3C)n2)cc1. The maximum Gasteiger partial charge on any atom is 0.257 e. The van der Waals surface area contributed by atoms with Crippen molar-refractivity contribution in [3.63, 3.8) is 0 Å². The van der Waals surface area contributed by atoms with Gasteiger partial charge in [-0.15, -0.1) is 11.3 Å². The van der Waals surface area contributed by atoms with E-state index in [9.17, 15) is 13.2 Å². The number of thiazole rings is 1. The van der Waals surface area contributed by atoms with E-state index in [4.69, 9.17) is 5.14 Å². The second-order valence-electron chi connectivity index (χ2n) is 6.06. The summed E-state index contributed by atoms with van der Waals surface area (Å²) >= 11 is 1.31. The van der Waals surface area contributed by atoms with Gasteiger partial charge in [0.2, 0.25) is 10.0 Å². The number of aryl methyl sites for hydroxylation is 2. The molecule has 1 heterocycles. The van der Waals surface area contributed by atoms with E-state index in [1.807, 2.05) is 17.5 Å². The number of anilines is 1. The van der Waals surface area contributed by atoms with Crippen LogP contribution in [-0.2, 0) is 16.4 Å². The van der Waals surface area contributed by atoms with Crippen LogP contribution in [0, 0.1) is 6.92 Å². The molecule has 0 aliphatic heterocycles. The van der Waals surface area contributed by atoms with Gasteiger partial charge in [-0.25, -0.2) is 18.5 Å². The van der Waals surface area contributed by atoms with E-state index in [0.717, 1.165) is 17.7 Å². The minimum atomic E-state index is -3.88. The molecule has 0 atom stereocenters. The zero-order valence-electron chi connectivity index (χ0n) is 14.9. The van der Waals surface area contributed by atoms with E-state index < -0.39 is 15.9 Å². The summed E-state index contributed by atoms with van der Waals surface area (Å²) in [6, 6.07) is 12.3. The highest BCUT2D eigenvalue weighted by molar-refractivity contribution is 7.89. The maximum absolute atomic E-state index is 12.6. The molecule has 3 rings (SSSR count). The lowest BCUT2D eigenvalue weighted by Crippen LogP contribution is -2.17. The highest BCUT2D eigenvalue weighted by Crippen LogP contribution is 2.26. The first-order valence-electron chi connectivity index (χ1n) is 8.27. The molecule has 27 heavy (non-hydrogen) atoms. The Balaban J connectivity index is 1.82. The van der Waals surface area contributed by atoms with Crippen LogP contribution in [0.3, 0.4) is 0 Å². The number of nitrogens with two attached hydrogens (primary N) is 1. The molecule has 0 fully saturated rings. The van der Waals surface area contributed by atoms with Crippen molar-refractivity contribution in [3.05, 3.63) is 64.5 Å². The Morgan fingerprint density at radius 3 is 2.52 bits per heavy atom. The third kappa shape index (κ3) is 4.41. The highest BCUT2D eigenvalue weighted by Gasteiger charge is 2.16. The normalized spacial score (nSPS) is 11.4. The molecule has 3 aromatic rings. The van der Waals surface area contributed by atoms with Gasteiger partial charge in [-0.1, -0.05) is 37.3 Å². The van der Waals surface area contributed by atoms with Gasteiger partial charge in [-0.05, 0) is 36.6 Å². The Hall–Kier alpha value is -2.55. The van der Waals surface area contributed by atoms with Gasteiger partial charge < -0.3 is 0 Å². The molecule has 0 bridgehead atoms. The average Bonchev–Trinajstić information content (AvgIpc) is 3.09. The molecule has 0 radical (unpaired) electrons. The van der Waals surface area contributed by atoms with Crippen LogP contribution in [-0.4, -0.2) is 19.3 Å². The van der Waals surface area contributed by atoms with Crippen LogP contribution in [0.2, 0.25) is 0 Å². The number of carbonyl (C=O) groups is 1. The summed E-state index contributed by atoms with van der Waals surface area (Å²) in [5, 5.41) is 10.2. The Bertz CT molecular complexity index is 1090. The summed E-state index contributed by atoms with van der Waals surface area (Å²) in [7, 11) is -3.88. The summed E-state index contributed by atoms with van der Waals surface area (Å²) in [6.07, 6.45) is 0.968. The molecule has 0 saturated heterocycles. The van der Waals surface area contributed by atoms with Gasteiger partial charge in [-0.3, -0.25) is 10.1 Å². The van der Waals surface area contributed by atoms with E-state index in [0.29, 0.717) is 10.7 Å². The number of carbonyl (C=O) groups excluding carboxylic acids is 1. The van der Waals surface area contributed by atoms with Gasteiger partial charge in [0.05, 0.1) is 10.6 Å². The number of hydrogen-bond donors (Lipinski definition) is 2. The number of rotatable bonds is 5. The van der Waals surface area contributed by atoms with E-state index in [1.165, 1.54) is 29.0 Å². The van der Waals surface area contributed by atoms with Crippen molar-refractivity contribution in [2.75, 3.05) is 5.32 Å². The first kappa shape index (κ1) is 19.2.